The number of aryl methyl sites for hydroxylation is 1. The molecule has 1 aliphatic rings. The Morgan fingerprint density at radius 2 is 2.00 bits per heavy atom. The van der Waals surface area contributed by atoms with Crippen LogP contribution >= 0.6 is 0 Å². The molecule has 0 saturated carbocycles. The number of piperazine rings is 1. The molecule has 32 heavy (non-hydrogen) atoms. The maximum atomic E-state index is 13.6. The Morgan fingerprint density at radius 1 is 1.28 bits per heavy atom. The third-order valence-electron chi connectivity index (χ3n) is 5.72. The second-order valence-corrected chi connectivity index (χ2v) is 7.87. The molecule has 4 rings (SSSR count). The van der Waals surface area contributed by atoms with Gasteiger partial charge in [0, 0.05) is 49.1 Å². The largest absolute Gasteiger partial charge is 0.368 e. The number of pyridine rings is 1. The fourth-order valence-corrected chi connectivity index (χ4v) is 4.15. The van der Waals surface area contributed by atoms with Gasteiger partial charge >= 0.3 is 0 Å². The molecule has 1 saturated heterocycles. The second-order valence-electron chi connectivity index (χ2n) is 7.87. The van der Waals surface area contributed by atoms with Crippen LogP contribution in [0, 0.1) is 12.7 Å². The van der Waals surface area contributed by atoms with Crippen molar-refractivity contribution >= 4 is 28.4 Å². The molecule has 1 fully saturated rings. The Kier molecular flexibility index (Phi) is 5.56. The first-order valence-electron chi connectivity index (χ1n) is 10.2. The van der Waals surface area contributed by atoms with E-state index in [2.05, 4.69) is 11.6 Å². The zero-order chi connectivity index (χ0) is 23.0. The number of amides is 2. The van der Waals surface area contributed by atoms with E-state index in [4.69, 9.17) is 5.73 Å². The highest BCUT2D eigenvalue weighted by atomic mass is 19.1. The fourth-order valence-electron chi connectivity index (χ4n) is 4.15. The Balaban J connectivity index is 1.71. The van der Waals surface area contributed by atoms with Crippen LogP contribution in [-0.2, 0) is 11.3 Å². The van der Waals surface area contributed by atoms with Crippen molar-refractivity contribution in [1.29, 1.82) is 0 Å². The summed E-state index contributed by atoms with van der Waals surface area (Å²) in [5.74, 6) is -1.37. The van der Waals surface area contributed by atoms with Gasteiger partial charge in [-0.15, -0.1) is 6.58 Å². The van der Waals surface area contributed by atoms with Crippen LogP contribution in [-0.4, -0.2) is 51.9 Å². The fraction of sp³-hybridized carbons (Fsp3) is 0.261. The summed E-state index contributed by atoms with van der Waals surface area (Å²) in [6.45, 7) is 6.60. The van der Waals surface area contributed by atoms with E-state index in [0.717, 1.165) is 11.4 Å². The number of benzene rings is 1. The summed E-state index contributed by atoms with van der Waals surface area (Å²) in [5.41, 5.74) is 7.54. The van der Waals surface area contributed by atoms with Gasteiger partial charge in [0.25, 0.3) is 11.5 Å². The SMILES string of the molecule is C=CCn1cc(C(=O)N2CCN(c3ccc(F)cc3)C[C@H]2C(N)=O)c2cc(C)[nH]c2c1=O. The summed E-state index contributed by atoms with van der Waals surface area (Å²) in [4.78, 5) is 45.0. The molecule has 0 spiro atoms. The summed E-state index contributed by atoms with van der Waals surface area (Å²) >= 11 is 0. The Hall–Kier alpha value is -3.88. The minimum atomic E-state index is -0.879. The van der Waals surface area contributed by atoms with Gasteiger partial charge < -0.3 is 25.1 Å². The molecule has 0 aliphatic carbocycles. The van der Waals surface area contributed by atoms with Crippen LogP contribution in [0.1, 0.15) is 16.1 Å². The number of carbonyl (C=O) groups is 2. The number of nitrogens with one attached hydrogen (secondary N) is 1. The number of aromatic amines is 1. The summed E-state index contributed by atoms with van der Waals surface area (Å²) in [7, 11) is 0. The molecule has 1 aliphatic heterocycles. The minimum Gasteiger partial charge on any atom is -0.368 e. The van der Waals surface area contributed by atoms with E-state index in [1.165, 1.54) is 27.8 Å². The smallest absolute Gasteiger partial charge is 0.275 e. The highest BCUT2D eigenvalue weighted by Gasteiger charge is 2.35. The molecule has 3 N–H and O–H groups in total. The van der Waals surface area contributed by atoms with E-state index < -0.39 is 11.9 Å². The van der Waals surface area contributed by atoms with Gasteiger partial charge in [-0.1, -0.05) is 6.08 Å². The summed E-state index contributed by atoms with van der Waals surface area (Å²) in [6.07, 6.45) is 3.08. The van der Waals surface area contributed by atoms with Crippen LogP contribution in [0.2, 0.25) is 0 Å². The summed E-state index contributed by atoms with van der Waals surface area (Å²) in [6, 6.07) is 6.82. The van der Waals surface area contributed by atoms with E-state index in [1.807, 2.05) is 4.90 Å². The zero-order valence-corrected chi connectivity index (χ0v) is 17.7. The van der Waals surface area contributed by atoms with Gasteiger partial charge in [0.15, 0.2) is 0 Å². The molecule has 0 bridgehead atoms. The van der Waals surface area contributed by atoms with E-state index in [1.54, 1.807) is 31.2 Å². The lowest BCUT2D eigenvalue weighted by Crippen LogP contribution is -2.60. The summed E-state index contributed by atoms with van der Waals surface area (Å²) in [5, 5.41) is 0.502. The van der Waals surface area contributed by atoms with Crippen molar-refractivity contribution in [3.8, 4) is 0 Å². The molecule has 8 nitrogen and oxygen atoms in total. The number of halogens is 1. The van der Waals surface area contributed by atoms with Crippen LogP contribution in [0.5, 0.6) is 0 Å². The van der Waals surface area contributed by atoms with Crippen molar-refractivity contribution < 1.29 is 14.0 Å². The predicted molar refractivity (Wildman–Crippen MR) is 120 cm³/mol. The number of fused-ring (bicyclic) bond motifs is 1. The molecule has 2 aromatic heterocycles. The number of anilines is 1. The average molecular weight is 437 g/mol. The Labute approximate surface area is 183 Å². The molecule has 0 radical (unpaired) electrons. The molecular weight excluding hydrogens is 413 g/mol. The molecule has 1 aromatic carbocycles. The van der Waals surface area contributed by atoms with E-state index in [-0.39, 0.29) is 36.9 Å². The van der Waals surface area contributed by atoms with Crippen molar-refractivity contribution in [2.75, 3.05) is 24.5 Å². The lowest BCUT2D eigenvalue weighted by molar-refractivity contribution is -0.122. The normalized spacial score (nSPS) is 16.4. The number of carbonyl (C=O) groups excluding carboxylic acids is 2. The van der Waals surface area contributed by atoms with E-state index in [0.29, 0.717) is 23.0 Å². The molecule has 2 amide bonds. The first-order valence-corrected chi connectivity index (χ1v) is 10.2. The average Bonchev–Trinajstić information content (AvgIpc) is 3.17. The quantitative estimate of drug-likeness (QED) is 0.594. The van der Waals surface area contributed by atoms with Gasteiger partial charge in [0.05, 0.1) is 5.56 Å². The maximum Gasteiger partial charge on any atom is 0.275 e. The number of nitrogens with zero attached hydrogens (tertiary/aromatic N) is 3. The van der Waals surface area contributed by atoms with Crippen LogP contribution in [0.15, 0.2) is 54.0 Å². The van der Waals surface area contributed by atoms with Gasteiger partial charge in [-0.3, -0.25) is 14.4 Å². The maximum absolute atomic E-state index is 13.6. The van der Waals surface area contributed by atoms with Crippen LogP contribution in [0.4, 0.5) is 10.1 Å². The third kappa shape index (κ3) is 3.77. The molecule has 166 valence electrons. The molecule has 0 unspecified atom stereocenters. The van der Waals surface area contributed by atoms with Gasteiger partial charge in [-0.05, 0) is 37.3 Å². The second kappa shape index (κ2) is 8.33. The lowest BCUT2D eigenvalue weighted by Gasteiger charge is -2.41. The molecule has 9 heteroatoms. The van der Waals surface area contributed by atoms with Gasteiger partial charge in [0.2, 0.25) is 5.91 Å². The van der Waals surface area contributed by atoms with Crippen LogP contribution in [0.25, 0.3) is 10.9 Å². The number of rotatable bonds is 5. The standard InChI is InChI=1S/C23H24FN5O3/c1-3-8-28-12-18(17-11-14(2)26-20(17)23(28)32)22(31)29-10-9-27(13-19(29)21(25)30)16-6-4-15(24)5-7-16/h3-7,11-12,19,26H,1,8-10,13H2,2H3,(H2,25,30)/t19-/m0/s1. The number of allylic oxidation sites excluding steroid dienone is 1. The predicted octanol–water partition coefficient (Wildman–Crippen LogP) is 1.78. The highest BCUT2D eigenvalue weighted by Crippen LogP contribution is 2.24. The third-order valence-corrected chi connectivity index (χ3v) is 5.72. The van der Waals surface area contributed by atoms with E-state index in [9.17, 15) is 18.8 Å². The van der Waals surface area contributed by atoms with Crippen molar-refractivity contribution in [3.05, 3.63) is 76.6 Å². The van der Waals surface area contributed by atoms with Crippen molar-refractivity contribution in [1.82, 2.24) is 14.5 Å². The van der Waals surface area contributed by atoms with Crippen molar-refractivity contribution in [2.45, 2.75) is 19.5 Å². The van der Waals surface area contributed by atoms with Crippen molar-refractivity contribution in [2.24, 2.45) is 5.73 Å². The number of hydrogen-bond donors (Lipinski definition) is 2. The van der Waals surface area contributed by atoms with Crippen molar-refractivity contribution in [3.63, 3.8) is 0 Å². The molecule has 3 heterocycles. The van der Waals surface area contributed by atoms with Gasteiger partial charge in [-0.25, -0.2) is 4.39 Å². The molecule has 1 atom stereocenters. The first kappa shape index (κ1) is 21.4. The number of aromatic nitrogens is 2. The number of hydrogen-bond acceptors (Lipinski definition) is 4. The van der Waals surface area contributed by atoms with Crippen LogP contribution in [0.3, 0.4) is 0 Å². The number of H-pyrrole nitrogens is 1. The van der Waals surface area contributed by atoms with Gasteiger partial charge in [-0.2, -0.15) is 0 Å². The Bertz CT molecular complexity index is 1260. The monoisotopic (exact) mass is 437 g/mol. The van der Waals surface area contributed by atoms with Crippen LogP contribution < -0.4 is 16.2 Å². The minimum absolute atomic E-state index is 0.189. The summed E-state index contributed by atoms with van der Waals surface area (Å²) < 4.78 is 14.7. The van der Waals surface area contributed by atoms with Gasteiger partial charge in [0.1, 0.15) is 17.4 Å². The topological polar surface area (TPSA) is 104 Å². The molecule has 3 aromatic rings. The molecular formula is C23H24FN5O3. The van der Waals surface area contributed by atoms with E-state index >= 15 is 0 Å². The number of primary amides is 1. The Morgan fingerprint density at radius 3 is 2.66 bits per heavy atom. The first-order chi connectivity index (χ1) is 15.3. The highest BCUT2D eigenvalue weighted by molar-refractivity contribution is 6.07. The lowest BCUT2D eigenvalue weighted by atomic mass is 10.1. The zero-order valence-electron chi connectivity index (χ0n) is 17.7. The number of nitrogens with two attached hydrogens (primary N) is 1.